The van der Waals surface area contributed by atoms with Crippen molar-refractivity contribution in [1.29, 1.82) is 0 Å². The molecule has 0 radical (unpaired) electrons. The highest BCUT2D eigenvalue weighted by molar-refractivity contribution is 5.93. The van der Waals surface area contributed by atoms with Crippen LogP contribution in [0.4, 0.5) is 11.5 Å². The third kappa shape index (κ3) is 2.29. The van der Waals surface area contributed by atoms with E-state index < -0.39 is 0 Å². The quantitative estimate of drug-likeness (QED) is 0.695. The molecule has 1 unspecified atom stereocenters. The Morgan fingerprint density at radius 2 is 2.26 bits per heavy atom. The lowest BCUT2D eigenvalue weighted by Crippen LogP contribution is -2.44. The second-order valence-corrected chi connectivity index (χ2v) is 4.63. The molecule has 3 rings (SSSR count). The molecule has 98 valence electrons. The van der Waals surface area contributed by atoms with Crippen LogP contribution < -0.4 is 16.4 Å². The van der Waals surface area contributed by atoms with Crippen LogP contribution in [0.15, 0.2) is 24.5 Å². The molecule has 4 N–H and O–H groups in total. The van der Waals surface area contributed by atoms with Crippen LogP contribution in [0.2, 0.25) is 0 Å². The molecule has 0 bridgehead atoms. The highest BCUT2D eigenvalue weighted by Gasteiger charge is 2.22. The zero-order valence-electron chi connectivity index (χ0n) is 10.4. The average Bonchev–Trinajstić information content (AvgIpc) is 2.41. The minimum absolute atomic E-state index is 0.0217. The monoisotopic (exact) mass is 257 g/mol. The minimum atomic E-state index is -0.232. The molecule has 0 spiro atoms. The maximum Gasteiger partial charge on any atom is 0.242 e. The number of fused-ring (bicyclic) bond motifs is 1. The number of piperidine rings is 1. The van der Waals surface area contributed by atoms with E-state index in [0.29, 0.717) is 11.5 Å². The number of aromatic nitrogens is 2. The van der Waals surface area contributed by atoms with E-state index in [0.717, 1.165) is 30.3 Å². The fraction of sp³-hybridized carbons (Fsp3) is 0.308. The molecule has 1 aliphatic heterocycles. The predicted octanol–water partition coefficient (Wildman–Crippen LogP) is 0.902. The van der Waals surface area contributed by atoms with E-state index in [9.17, 15) is 4.79 Å². The van der Waals surface area contributed by atoms with Crippen molar-refractivity contribution in [3.05, 3.63) is 24.5 Å². The number of hydrogen-bond acceptors (Lipinski definition) is 5. The van der Waals surface area contributed by atoms with E-state index in [1.165, 1.54) is 6.33 Å². The third-order valence-electron chi connectivity index (χ3n) is 3.26. The molecule has 0 aliphatic carbocycles. The molecule has 6 heteroatoms. The van der Waals surface area contributed by atoms with Gasteiger partial charge < -0.3 is 16.4 Å². The highest BCUT2D eigenvalue weighted by Crippen LogP contribution is 2.22. The number of amides is 1. The Morgan fingerprint density at radius 3 is 3.11 bits per heavy atom. The Morgan fingerprint density at radius 1 is 1.37 bits per heavy atom. The summed E-state index contributed by atoms with van der Waals surface area (Å²) in [5, 5.41) is 6.90. The van der Waals surface area contributed by atoms with E-state index >= 15 is 0 Å². The maximum atomic E-state index is 11.8. The van der Waals surface area contributed by atoms with Gasteiger partial charge in [0.1, 0.15) is 18.2 Å². The Labute approximate surface area is 110 Å². The fourth-order valence-electron chi connectivity index (χ4n) is 2.26. The number of carbonyl (C=O) groups excluding carboxylic acids is 1. The summed E-state index contributed by atoms with van der Waals surface area (Å²) in [6.45, 7) is 0.748. The highest BCUT2D eigenvalue weighted by atomic mass is 16.2. The molecule has 2 aromatic rings. The van der Waals surface area contributed by atoms with Gasteiger partial charge in [-0.2, -0.15) is 0 Å². The molecule has 1 aromatic heterocycles. The van der Waals surface area contributed by atoms with Crippen LogP contribution in [-0.2, 0) is 4.79 Å². The van der Waals surface area contributed by atoms with Crippen molar-refractivity contribution >= 4 is 28.3 Å². The number of nitrogens with zero attached hydrogens (tertiary/aromatic N) is 2. The number of benzene rings is 1. The van der Waals surface area contributed by atoms with Crippen LogP contribution in [0.25, 0.3) is 10.9 Å². The first-order chi connectivity index (χ1) is 9.24. The topological polar surface area (TPSA) is 92.9 Å². The molecule has 1 aromatic carbocycles. The summed E-state index contributed by atoms with van der Waals surface area (Å²) >= 11 is 0. The number of rotatable bonds is 2. The molecule has 1 aliphatic rings. The number of nitrogens with two attached hydrogens (primary N) is 1. The first-order valence-corrected chi connectivity index (χ1v) is 6.28. The zero-order chi connectivity index (χ0) is 13.2. The molecule has 6 nitrogen and oxygen atoms in total. The van der Waals surface area contributed by atoms with E-state index in [1.54, 1.807) is 12.1 Å². The summed E-state index contributed by atoms with van der Waals surface area (Å²) in [5.41, 5.74) is 7.17. The van der Waals surface area contributed by atoms with Gasteiger partial charge in [0.2, 0.25) is 5.91 Å². The molecular weight excluding hydrogens is 242 g/mol. The molecule has 19 heavy (non-hydrogen) atoms. The summed E-state index contributed by atoms with van der Waals surface area (Å²) in [7, 11) is 0. The van der Waals surface area contributed by atoms with Gasteiger partial charge in [0, 0.05) is 17.6 Å². The lowest BCUT2D eigenvalue weighted by atomic mass is 10.1. The van der Waals surface area contributed by atoms with Gasteiger partial charge in [0.25, 0.3) is 0 Å². The van der Waals surface area contributed by atoms with Gasteiger partial charge in [-0.05, 0) is 31.0 Å². The van der Waals surface area contributed by atoms with Crippen molar-refractivity contribution < 1.29 is 4.79 Å². The average molecular weight is 257 g/mol. The zero-order valence-corrected chi connectivity index (χ0v) is 10.4. The van der Waals surface area contributed by atoms with Crippen molar-refractivity contribution in [2.45, 2.75) is 18.9 Å². The minimum Gasteiger partial charge on any atom is -0.399 e. The van der Waals surface area contributed by atoms with E-state index in [4.69, 9.17) is 5.73 Å². The van der Waals surface area contributed by atoms with Gasteiger partial charge in [0.05, 0.1) is 5.52 Å². The van der Waals surface area contributed by atoms with Gasteiger partial charge in [-0.3, -0.25) is 4.79 Å². The van der Waals surface area contributed by atoms with Gasteiger partial charge in [-0.1, -0.05) is 0 Å². The Kier molecular flexibility index (Phi) is 2.91. The molecule has 1 atom stereocenters. The molecule has 1 fully saturated rings. The van der Waals surface area contributed by atoms with Crippen LogP contribution in [0, 0.1) is 0 Å². The molecular formula is C13H15N5O. The van der Waals surface area contributed by atoms with E-state index in [1.807, 2.05) is 6.07 Å². The summed E-state index contributed by atoms with van der Waals surface area (Å²) < 4.78 is 0. The van der Waals surface area contributed by atoms with Crippen molar-refractivity contribution in [1.82, 2.24) is 15.3 Å². The number of nitrogens with one attached hydrogen (secondary N) is 2. The second kappa shape index (κ2) is 4.72. The van der Waals surface area contributed by atoms with Crippen molar-refractivity contribution in [3.8, 4) is 0 Å². The van der Waals surface area contributed by atoms with Gasteiger partial charge in [-0.25, -0.2) is 9.97 Å². The Balaban J connectivity index is 1.94. The smallest absolute Gasteiger partial charge is 0.242 e. The molecule has 1 saturated heterocycles. The first kappa shape index (κ1) is 11.7. The lowest BCUT2D eigenvalue weighted by molar-refractivity contribution is -0.123. The van der Waals surface area contributed by atoms with Crippen LogP contribution in [0.1, 0.15) is 12.8 Å². The number of carbonyl (C=O) groups is 1. The Bertz CT molecular complexity index is 627. The second-order valence-electron chi connectivity index (χ2n) is 4.63. The largest absolute Gasteiger partial charge is 0.399 e. The number of anilines is 2. The summed E-state index contributed by atoms with van der Waals surface area (Å²) in [5.74, 6) is 0.695. The molecule has 2 heterocycles. The van der Waals surface area contributed by atoms with E-state index in [2.05, 4.69) is 20.6 Å². The SMILES string of the molecule is Nc1ccc2c(NC3CCCNC3=O)ncnc2c1. The summed E-state index contributed by atoms with van der Waals surface area (Å²) in [6.07, 6.45) is 3.26. The molecule has 0 saturated carbocycles. The van der Waals surface area contributed by atoms with Crippen LogP contribution >= 0.6 is 0 Å². The van der Waals surface area contributed by atoms with Crippen molar-refractivity contribution in [2.24, 2.45) is 0 Å². The van der Waals surface area contributed by atoms with Gasteiger partial charge >= 0.3 is 0 Å². The third-order valence-corrected chi connectivity index (χ3v) is 3.26. The maximum absolute atomic E-state index is 11.8. The van der Waals surface area contributed by atoms with E-state index in [-0.39, 0.29) is 11.9 Å². The Hall–Kier alpha value is -2.37. The predicted molar refractivity (Wildman–Crippen MR) is 73.6 cm³/mol. The van der Waals surface area contributed by atoms with Crippen LogP contribution in [0.3, 0.4) is 0 Å². The van der Waals surface area contributed by atoms with Gasteiger partial charge in [0.15, 0.2) is 0 Å². The van der Waals surface area contributed by atoms with Crippen molar-refractivity contribution in [2.75, 3.05) is 17.6 Å². The first-order valence-electron chi connectivity index (χ1n) is 6.28. The molecule has 1 amide bonds. The lowest BCUT2D eigenvalue weighted by Gasteiger charge is -2.23. The van der Waals surface area contributed by atoms with Gasteiger partial charge in [-0.15, -0.1) is 0 Å². The summed E-state index contributed by atoms with van der Waals surface area (Å²) in [4.78, 5) is 20.2. The van der Waals surface area contributed by atoms with Crippen molar-refractivity contribution in [3.63, 3.8) is 0 Å². The standard InChI is InChI=1S/C13H15N5O/c14-8-3-4-9-11(6-8)16-7-17-12(9)18-10-2-1-5-15-13(10)19/h3-4,6-7,10H,1-2,5,14H2,(H,15,19)(H,16,17,18). The number of nitrogen functional groups attached to an aromatic ring is 1. The van der Waals surface area contributed by atoms with Crippen LogP contribution in [-0.4, -0.2) is 28.5 Å². The fourth-order valence-corrected chi connectivity index (χ4v) is 2.26. The number of hydrogen-bond donors (Lipinski definition) is 3. The normalized spacial score (nSPS) is 19.2. The van der Waals surface area contributed by atoms with Crippen LogP contribution in [0.5, 0.6) is 0 Å². The summed E-state index contributed by atoms with van der Waals surface area (Å²) in [6, 6.07) is 5.23.